The predicted octanol–water partition coefficient (Wildman–Crippen LogP) is 1.57. The van der Waals surface area contributed by atoms with Gasteiger partial charge in [-0.2, -0.15) is 5.10 Å². The third kappa shape index (κ3) is 1.93. The summed E-state index contributed by atoms with van der Waals surface area (Å²) in [7, 11) is 1.33. The molecule has 5 nitrogen and oxygen atoms in total. The molecule has 0 saturated heterocycles. The number of esters is 1. The maximum absolute atomic E-state index is 11.2. The summed E-state index contributed by atoms with van der Waals surface area (Å²) in [6.45, 7) is 1.91. The van der Waals surface area contributed by atoms with Gasteiger partial charge in [0.2, 0.25) is 0 Å². The van der Waals surface area contributed by atoms with E-state index in [9.17, 15) is 4.79 Å². The maximum atomic E-state index is 11.2. The van der Waals surface area contributed by atoms with Crippen molar-refractivity contribution in [2.24, 2.45) is 0 Å². The van der Waals surface area contributed by atoms with E-state index < -0.39 is 5.97 Å². The van der Waals surface area contributed by atoms with Crippen LogP contribution >= 0.6 is 0 Å². The highest BCUT2D eigenvalue weighted by atomic mass is 16.5. The first-order valence-electron chi connectivity index (χ1n) is 4.77. The number of aromatic amines is 1. The van der Waals surface area contributed by atoms with Gasteiger partial charge in [0.25, 0.3) is 0 Å². The van der Waals surface area contributed by atoms with Crippen LogP contribution in [0.2, 0.25) is 0 Å². The first-order chi connectivity index (χ1) is 7.70. The summed E-state index contributed by atoms with van der Waals surface area (Å²) in [5.74, 6) is -0.432. The van der Waals surface area contributed by atoms with Gasteiger partial charge in [-0.15, -0.1) is 0 Å². The van der Waals surface area contributed by atoms with Crippen molar-refractivity contribution in [3.8, 4) is 11.3 Å². The molecule has 0 spiro atoms. The molecule has 0 aliphatic heterocycles. The lowest BCUT2D eigenvalue weighted by atomic mass is 10.2. The zero-order valence-corrected chi connectivity index (χ0v) is 9.02. The van der Waals surface area contributed by atoms with Gasteiger partial charge in [0.1, 0.15) is 5.69 Å². The van der Waals surface area contributed by atoms with Gasteiger partial charge in [-0.1, -0.05) is 0 Å². The number of ether oxygens (including phenoxy) is 1. The molecule has 0 aliphatic rings. The summed E-state index contributed by atoms with van der Waals surface area (Å²) in [6, 6.07) is 5.43. The smallest absolute Gasteiger partial charge is 0.356 e. The number of carbonyl (C=O) groups is 1. The quantitative estimate of drug-likeness (QED) is 0.775. The van der Waals surface area contributed by atoms with Gasteiger partial charge in [-0.05, 0) is 25.1 Å². The normalized spacial score (nSPS) is 10.1. The molecule has 0 fully saturated rings. The molecule has 5 heteroatoms. The van der Waals surface area contributed by atoms with E-state index in [0.29, 0.717) is 11.4 Å². The molecule has 1 N–H and O–H groups in total. The molecule has 0 aromatic carbocycles. The molecule has 16 heavy (non-hydrogen) atoms. The van der Waals surface area contributed by atoms with Crippen LogP contribution in [0.1, 0.15) is 16.2 Å². The summed E-state index contributed by atoms with van der Waals surface area (Å²) in [4.78, 5) is 15.4. The van der Waals surface area contributed by atoms with Crippen LogP contribution in [0.5, 0.6) is 0 Å². The maximum Gasteiger partial charge on any atom is 0.356 e. The number of pyridine rings is 1. The van der Waals surface area contributed by atoms with Crippen molar-refractivity contribution < 1.29 is 9.53 Å². The molecular formula is C11H11N3O2. The van der Waals surface area contributed by atoms with Crippen LogP contribution in [-0.2, 0) is 4.74 Å². The van der Waals surface area contributed by atoms with Crippen molar-refractivity contribution in [3.63, 3.8) is 0 Å². The van der Waals surface area contributed by atoms with Gasteiger partial charge in [0.05, 0.1) is 12.8 Å². The molecule has 2 rings (SSSR count). The fourth-order valence-electron chi connectivity index (χ4n) is 1.30. The number of aryl methyl sites for hydroxylation is 1. The summed E-state index contributed by atoms with van der Waals surface area (Å²) < 4.78 is 4.58. The van der Waals surface area contributed by atoms with Gasteiger partial charge in [-0.25, -0.2) is 4.79 Å². The topological polar surface area (TPSA) is 67.9 Å². The zero-order valence-electron chi connectivity index (χ0n) is 9.02. The van der Waals surface area contributed by atoms with Crippen LogP contribution in [0.15, 0.2) is 24.4 Å². The van der Waals surface area contributed by atoms with Crippen LogP contribution < -0.4 is 0 Å². The van der Waals surface area contributed by atoms with E-state index in [0.717, 1.165) is 11.3 Å². The van der Waals surface area contributed by atoms with Gasteiger partial charge in [-0.3, -0.25) is 10.1 Å². The number of nitrogens with zero attached hydrogens (tertiary/aromatic N) is 2. The van der Waals surface area contributed by atoms with Crippen LogP contribution in [-0.4, -0.2) is 28.3 Å². The number of carbonyl (C=O) groups excluding carboxylic acids is 1. The van der Waals surface area contributed by atoms with Crippen molar-refractivity contribution in [3.05, 3.63) is 35.8 Å². The molecule has 0 atom stereocenters. The molecule has 0 unspecified atom stereocenters. The van der Waals surface area contributed by atoms with E-state index >= 15 is 0 Å². The van der Waals surface area contributed by atoms with Crippen molar-refractivity contribution >= 4 is 5.97 Å². The number of nitrogens with one attached hydrogen (secondary N) is 1. The third-order valence-electron chi connectivity index (χ3n) is 2.19. The lowest BCUT2D eigenvalue weighted by Gasteiger charge is -1.95. The molecule has 82 valence electrons. The Morgan fingerprint density at radius 3 is 2.88 bits per heavy atom. The number of rotatable bonds is 2. The average Bonchev–Trinajstić information content (AvgIpc) is 2.78. The Bertz CT molecular complexity index is 502. The van der Waals surface area contributed by atoms with E-state index in [-0.39, 0.29) is 0 Å². The highest BCUT2D eigenvalue weighted by Crippen LogP contribution is 2.16. The lowest BCUT2D eigenvalue weighted by molar-refractivity contribution is 0.0594. The SMILES string of the molecule is COC(=O)c1cc(-c2ccc(C)nc2)n[nH]1. The van der Waals surface area contributed by atoms with E-state index in [1.165, 1.54) is 7.11 Å². The van der Waals surface area contributed by atoms with Crippen LogP contribution in [0.3, 0.4) is 0 Å². The molecule has 0 amide bonds. The van der Waals surface area contributed by atoms with Crippen LogP contribution in [0.4, 0.5) is 0 Å². The predicted molar refractivity (Wildman–Crippen MR) is 57.9 cm³/mol. The standard InChI is InChI=1S/C11H11N3O2/c1-7-3-4-8(6-12-7)9-5-10(14-13-9)11(15)16-2/h3-6H,1-2H3,(H,13,14). The van der Waals surface area contributed by atoms with Gasteiger partial charge in [0, 0.05) is 17.5 Å². The Kier molecular flexibility index (Phi) is 2.68. The van der Waals surface area contributed by atoms with Crippen molar-refractivity contribution in [1.82, 2.24) is 15.2 Å². The second-order valence-electron chi connectivity index (χ2n) is 3.35. The molecule has 0 saturated carbocycles. The van der Waals surface area contributed by atoms with Crippen LogP contribution in [0, 0.1) is 6.92 Å². The monoisotopic (exact) mass is 217 g/mol. The summed E-state index contributed by atoms with van der Waals surface area (Å²) in [5.41, 5.74) is 2.80. The van der Waals surface area contributed by atoms with Crippen LogP contribution in [0.25, 0.3) is 11.3 Å². The average molecular weight is 217 g/mol. The number of aromatic nitrogens is 3. The Hall–Kier alpha value is -2.17. The molecular weight excluding hydrogens is 206 g/mol. The highest BCUT2D eigenvalue weighted by molar-refractivity contribution is 5.88. The van der Waals surface area contributed by atoms with E-state index in [1.54, 1.807) is 12.3 Å². The fourth-order valence-corrected chi connectivity index (χ4v) is 1.30. The van der Waals surface area contributed by atoms with E-state index in [2.05, 4.69) is 19.9 Å². The minimum atomic E-state index is -0.432. The number of H-pyrrole nitrogens is 1. The molecule has 2 aromatic heterocycles. The molecule has 0 radical (unpaired) electrons. The molecule has 2 heterocycles. The minimum absolute atomic E-state index is 0.332. The molecule has 0 bridgehead atoms. The lowest BCUT2D eigenvalue weighted by Crippen LogP contribution is -2.00. The zero-order chi connectivity index (χ0) is 11.5. The second-order valence-corrected chi connectivity index (χ2v) is 3.35. The first kappa shape index (κ1) is 10.4. The third-order valence-corrected chi connectivity index (χ3v) is 2.19. The second kappa shape index (κ2) is 4.14. The van der Waals surface area contributed by atoms with E-state index in [4.69, 9.17) is 0 Å². The summed E-state index contributed by atoms with van der Waals surface area (Å²) >= 11 is 0. The van der Waals surface area contributed by atoms with Crippen molar-refractivity contribution in [1.29, 1.82) is 0 Å². The van der Waals surface area contributed by atoms with Gasteiger partial charge in [0.15, 0.2) is 0 Å². The minimum Gasteiger partial charge on any atom is -0.464 e. The van der Waals surface area contributed by atoms with Crippen molar-refractivity contribution in [2.45, 2.75) is 6.92 Å². The fraction of sp³-hybridized carbons (Fsp3) is 0.182. The Morgan fingerprint density at radius 2 is 2.25 bits per heavy atom. The molecule has 2 aromatic rings. The number of hydrogen-bond donors (Lipinski definition) is 1. The van der Waals surface area contributed by atoms with Gasteiger partial charge < -0.3 is 4.74 Å². The Balaban J connectivity index is 2.31. The van der Waals surface area contributed by atoms with Gasteiger partial charge >= 0.3 is 5.97 Å². The largest absolute Gasteiger partial charge is 0.464 e. The Morgan fingerprint density at radius 1 is 1.44 bits per heavy atom. The van der Waals surface area contributed by atoms with Crippen molar-refractivity contribution in [2.75, 3.05) is 7.11 Å². The van der Waals surface area contributed by atoms with E-state index in [1.807, 2.05) is 19.1 Å². The number of methoxy groups -OCH3 is 1. The highest BCUT2D eigenvalue weighted by Gasteiger charge is 2.10. The number of hydrogen-bond acceptors (Lipinski definition) is 4. The summed E-state index contributed by atoms with van der Waals surface area (Å²) in [5, 5.41) is 6.64. The Labute approximate surface area is 92.5 Å². The molecule has 0 aliphatic carbocycles. The summed E-state index contributed by atoms with van der Waals surface area (Å²) in [6.07, 6.45) is 1.71. The first-order valence-corrected chi connectivity index (χ1v) is 4.77.